The molecule has 0 radical (unpaired) electrons. The van der Waals surface area contributed by atoms with Gasteiger partial charge in [0.1, 0.15) is 0 Å². The van der Waals surface area contributed by atoms with E-state index in [2.05, 4.69) is 17.6 Å². The number of thiol groups is 1. The van der Waals surface area contributed by atoms with Crippen molar-refractivity contribution in [2.75, 3.05) is 19.2 Å². The maximum atomic E-state index is 12.4. The molecule has 0 spiro atoms. The lowest BCUT2D eigenvalue weighted by Crippen LogP contribution is -2.16. The van der Waals surface area contributed by atoms with Crippen molar-refractivity contribution in [2.24, 2.45) is 0 Å². The topological polar surface area (TPSA) is 62.6 Å². The fourth-order valence-electron chi connectivity index (χ4n) is 2.65. The van der Waals surface area contributed by atoms with Crippen molar-refractivity contribution in [2.45, 2.75) is 26.3 Å². The largest absolute Gasteiger partial charge is 0.461 e. The van der Waals surface area contributed by atoms with Crippen LogP contribution in [0.25, 0.3) is 0 Å². The van der Waals surface area contributed by atoms with Crippen molar-refractivity contribution in [1.29, 1.82) is 0 Å². The minimum absolute atomic E-state index is 0.0243. The molecule has 1 aromatic carbocycles. The molecule has 0 N–H and O–H groups in total. The van der Waals surface area contributed by atoms with E-state index < -0.39 is 5.97 Å². The molecular formula is C17H19ClN2O4S. The second kappa shape index (κ2) is 7.58. The molecule has 2 heterocycles. The predicted octanol–water partition coefficient (Wildman–Crippen LogP) is 3.52. The van der Waals surface area contributed by atoms with Crippen LogP contribution in [0, 0.1) is 0 Å². The number of benzene rings is 1. The molecule has 1 aromatic heterocycles. The number of rotatable bonds is 6. The normalized spacial score (nSPS) is 13.8. The summed E-state index contributed by atoms with van der Waals surface area (Å²) < 4.78 is 17.7. The Kier molecular flexibility index (Phi) is 5.44. The zero-order valence-corrected chi connectivity index (χ0v) is 15.6. The Morgan fingerprint density at radius 3 is 2.84 bits per heavy atom. The highest BCUT2D eigenvalue weighted by atomic mass is 35.5. The first-order chi connectivity index (χ1) is 12.0. The fraction of sp³-hybridized carbons (Fsp3) is 0.412. The van der Waals surface area contributed by atoms with Gasteiger partial charge in [0, 0.05) is 17.0 Å². The quantitative estimate of drug-likeness (QED) is 0.611. The van der Waals surface area contributed by atoms with Gasteiger partial charge in [0.25, 0.3) is 0 Å². The number of imidazole rings is 1. The summed E-state index contributed by atoms with van der Waals surface area (Å²) in [6.07, 6.45) is 1.63. The van der Waals surface area contributed by atoms with Crippen LogP contribution in [0.1, 0.15) is 41.5 Å². The summed E-state index contributed by atoms with van der Waals surface area (Å²) in [5.74, 6) is 1.46. The zero-order valence-electron chi connectivity index (χ0n) is 14.0. The molecule has 1 unspecified atom stereocenters. The maximum absolute atomic E-state index is 12.4. The molecule has 0 saturated heterocycles. The van der Waals surface area contributed by atoms with Crippen molar-refractivity contribution >= 4 is 30.2 Å². The van der Waals surface area contributed by atoms with Crippen LogP contribution in [0.3, 0.4) is 0 Å². The van der Waals surface area contributed by atoms with Crippen LogP contribution in [0.5, 0.6) is 11.5 Å². The Hall–Kier alpha value is -1.86. The van der Waals surface area contributed by atoms with E-state index in [4.69, 9.17) is 25.8 Å². The number of nitrogens with zero attached hydrogens (tertiary/aromatic N) is 2. The van der Waals surface area contributed by atoms with Crippen LogP contribution in [0.2, 0.25) is 5.02 Å². The van der Waals surface area contributed by atoms with E-state index in [9.17, 15) is 4.79 Å². The van der Waals surface area contributed by atoms with Gasteiger partial charge in [-0.25, -0.2) is 9.78 Å². The first kappa shape index (κ1) is 17.9. The second-order valence-electron chi connectivity index (χ2n) is 5.71. The summed E-state index contributed by atoms with van der Waals surface area (Å²) in [5.41, 5.74) is 1.90. The first-order valence-corrected chi connectivity index (χ1v) is 8.97. The van der Waals surface area contributed by atoms with Gasteiger partial charge in [-0.05, 0) is 24.3 Å². The number of carbonyl (C=O) groups is 1. The third-order valence-electron chi connectivity index (χ3n) is 3.96. The summed E-state index contributed by atoms with van der Waals surface area (Å²) in [5, 5.41) is 0.538. The Balaban J connectivity index is 1.97. The molecule has 2 aromatic rings. The van der Waals surface area contributed by atoms with E-state index in [0.717, 1.165) is 5.56 Å². The van der Waals surface area contributed by atoms with Gasteiger partial charge < -0.3 is 18.8 Å². The molecule has 0 fully saturated rings. The van der Waals surface area contributed by atoms with Gasteiger partial charge in [0.05, 0.1) is 25.2 Å². The Morgan fingerprint density at radius 1 is 1.44 bits per heavy atom. The minimum Gasteiger partial charge on any atom is -0.461 e. The van der Waals surface area contributed by atoms with Gasteiger partial charge in [-0.2, -0.15) is 12.6 Å². The molecular weight excluding hydrogens is 364 g/mol. The Morgan fingerprint density at radius 2 is 2.16 bits per heavy atom. The summed E-state index contributed by atoms with van der Waals surface area (Å²) in [4.78, 5) is 16.8. The van der Waals surface area contributed by atoms with Crippen molar-refractivity contribution in [3.63, 3.8) is 0 Å². The molecule has 25 heavy (non-hydrogen) atoms. The zero-order chi connectivity index (χ0) is 18.0. The van der Waals surface area contributed by atoms with Gasteiger partial charge >= 0.3 is 5.97 Å². The van der Waals surface area contributed by atoms with Gasteiger partial charge in [0.2, 0.25) is 6.79 Å². The molecule has 1 aliphatic heterocycles. The average Bonchev–Trinajstić information content (AvgIpc) is 3.21. The monoisotopic (exact) mass is 382 g/mol. The van der Waals surface area contributed by atoms with Gasteiger partial charge in [-0.15, -0.1) is 0 Å². The number of carbonyl (C=O) groups excluding carboxylic acids is 1. The van der Waals surface area contributed by atoms with E-state index in [0.29, 0.717) is 46.8 Å². The summed E-state index contributed by atoms with van der Waals surface area (Å²) >= 11 is 10.7. The highest BCUT2D eigenvalue weighted by Gasteiger charge is 2.24. The minimum atomic E-state index is -0.402. The SMILES string of the molecule is CCOC(=O)c1c(C(C)CS)ncn1Cc1cc2c(cc1Cl)OCO2. The van der Waals surface area contributed by atoms with Crippen LogP contribution >= 0.6 is 24.2 Å². The third-order valence-corrected chi connectivity index (χ3v) is 4.86. The number of aromatic nitrogens is 2. The predicted molar refractivity (Wildman–Crippen MR) is 97.1 cm³/mol. The third kappa shape index (κ3) is 3.57. The van der Waals surface area contributed by atoms with Crippen molar-refractivity contribution in [1.82, 2.24) is 9.55 Å². The Labute approximate surface area is 156 Å². The van der Waals surface area contributed by atoms with Gasteiger partial charge in [0.15, 0.2) is 17.2 Å². The number of ether oxygens (including phenoxy) is 3. The molecule has 0 aliphatic carbocycles. The van der Waals surface area contributed by atoms with E-state index in [-0.39, 0.29) is 12.7 Å². The van der Waals surface area contributed by atoms with E-state index in [1.54, 1.807) is 23.9 Å². The summed E-state index contributed by atoms with van der Waals surface area (Å²) in [6.45, 7) is 4.59. The molecule has 3 rings (SSSR count). The lowest BCUT2D eigenvalue weighted by molar-refractivity contribution is 0.0512. The number of esters is 1. The van der Waals surface area contributed by atoms with Crippen molar-refractivity contribution in [3.8, 4) is 11.5 Å². The molecule has 8 heteroatoms. The number of hydrogen-bond donors (Lipinski definition) is 1. The number of fused-ring (bicyclic) bond motifs is 1. The molecule has 1 aliphatic rings. The lowest BCUT2D eigenvalue weighted by atomic mass is 10.1. The molecule has 0 saturated carbocycles. The van der Waals surface area contributed by atoms with Crippen molar-refractivity contribution < 1.29 is 19.0 Å². The molecule has 6 nitrogen and oxygen atoms in total. The fourth-order valence-corrected chi connectivity index (χ4v) is 3.04. The van der Waals surface area contributed by atoms with Crippen LogP contribution in [0.4, 0.5) is 0 Å². The van der Waals surface area contributed by atoms with Crippen molar-refractivity contribution in [3.05, 3.63) is 40.4 Å². The molecule has 0 bridgehead atoms. The lowest BCUT2D eigenvalue weighted by Gasteiger charge is -2.13. The average molecular weight is 383 g/mol. The Bertz CT molecular complexity index is 793. The van der Waals surface area contributed by atoms with Crippen LogP contribution in [0.15, 0.2) is 18.5 Å². The van der Waals surface area contributed by atoms with E-state index in [1.807, 2.05) is 13.0 Å². The number of halogens is 1. The maximum Gasteiger partial charge on any atom is 0.356 e. The molecule has 134 valence electrons. The van der Waals surface area contributed by atoms with Crippen LogP contribution in [-0.4, -0.2) is 34.7 Å². The highest BCUT2D eigenvalue weighted by molar-refractivity contribution is 7.80. The second-order valence-corrected chi connectivity index (χ2v) is 6.48. The molecule has 0 amide bonds. The smallest absolute Gasteiger partial charge is 0.356 e. The van der Waals surface area contributed by atoms with E-state index in [1.165, 1.54) is 0 Å². The number of hydrogen-bond acceptors (Lipinski definition) is 6. The van der Waals surface area contributed by atoms with E-state index >= 15 is 0 Å². The summed E-state index contributed by atoms with van der Waals surface area (Å²) in [7, 11) is 0. The van der Waals surface area contributed by atoms with Gasteiger partial charge in [-0.1, -0.05) is 18.5 Å². The molecule has 1 atom stereocenters. The van der Waals surface area contributed by atoms with Crippen LogP contribution < -0.4 is 9.47 Å². The first-order valence-electron chi connectivity index (χ1n) is 7.96. The van der Waals surface area contributed by atoms with Crippen LogP contribution in [-0.2, 0) is 11.3 Å². The highest BCUT2D eigenvalue weighted by Crippen LogP contribution is 2.37. The summed E-state index contributed by atoms with van der Waals surface area (Å²) in [6, 6.07) is 3.54. The standard InChI is InChI=1S/C17H19ClN2O4S/c1-3-22-17(21)16-15(10(2)7-25)19-8-20(16)6-11-4-13-14(5-12(11)18)24-9-23-13/h4-5,8,10,25H,3,6-7,9H2,1-2H3. The van der Waals surface area contributed by atoms with Gasteiger partial charge in [-0.3, -0.25) is 0 Å².